The number of hydrogen-bond acceptors (Lipinski definition) is 3. The van der Waals surface area contributed by atoms with Gasteiger partial charge in [0.2, 0.25) is 0 Å². The molecule has 1 aromatic heterocycles. The maximum atomic E-state index is 13.8. The van der Waals surface area contributed by atoms with Crippen molar-refractivity contribution in [3.8, 4) is 11.4 Å². The van der Waals surface area contributed by atoms with Crippen LogP contribution in [0.1, 0.15) is 28.9 Å². The molecule has 2 aromatic carbocycles. The monoisotopic (exact) mass is 415 g/mol. The van der Waals surface area contributed by atoms with Crippen LogP contribution in [0.5, 0.6) is 5.75 Å². The van der Waals surface area contributed by atoms with Crippen molar-refractivity contribution in [2.24, 2.45) is 0 Å². The smallest absolute Gasteiger partial charge is 0.257 e. The molecule has 0 saturated carbocycles. The van der Waals surface area contributed by atoms with Crippen molar-refractivity contribution in [2.75, 3.05) is 13.1 Å². The van der Waals surface area contributed by atoms with Crippen molar-refractivity contribution in [1.82, 2.24) is 14.7 Å². The molecule has 3 aromatic rings. The SMILES string of the molecule is Cc1c(C(=O)N2CCC(Oc3ccc(F)cc3F)CC2)cnn1-c1ccc(F)cc1. The summed E-state index contributed by atoms with van der Waals surface area (Å²) in [5, 5.41) is 4.27. The Hall–Kier alpha value is -3.29. The van der Waals surface area contributed by atoms with E-state index in [1.54, 1.807) is 28.6 Å². The fourth-order valence-corrected chi connectivity index (χ4v) is 3.56. The Bertz CT molecular complexity index is 1060. The molecule has 0 radical (unpaired) electrons. The second-order valence-electron chi connectivity index (χ2n) is 7.22. The first kappa shape index (κ1) is 20.0. The van der Waals surface area contributed by atoms with Crippen LogP contribution in [0.3, 0.4) is 0 Å². The minimum absolute atomic E-state index is 0.0117. The summed E-state index contributed by atoms with van der Waals surface area (Å²) in [6.45, 7) is 2.69. The van der Waals surface area contributed by atoms with Gasteiger partial charge in [0.15, 0.2) is 11.6 Å². The Morgan fingerprint density at radius 2 is 1.70 bits per heavy atom. The molecule has 1 fully saturated rings. The summed E-state index contributed by atoms with van der Waals surface area (Å²) in [7, 11) is 0. The van der Waals surface area contributed by atoms with Crippen LogP contribution in [0.2, 0.25) is 0 Å². The summed E-state index contributed by atoms with van der Waals surface area (Å²) in [6.07, 6.45) is 2.33. The second kappa shape index (κ2) is 8.22. The van der Waals surface area contributed by atoms with Gasteiger partial charge in [0.05, 0.1) is 23.1 Å². The molecule has 8 heteroatoms. The molecular formula is C22H20F3N3O2. The zero-order chi connectivity index (χ0) is 21.3. The molecule has 1 aliphatic heterocycles. The molecule has 4 rings (SSSR count). The predicted octanol–water partition coefficient (Wildman–Crippen LogP) is 4.28. The van der Waals surface area contributed by atoms with E-state index in [0.717, 1.165) is 12.1 Å². The third-order valence-corrected chi connectivity index (χ3v) is 5.23. The Labute approximate surface area is 171 Å². The van der Waals surface area contributed by atoms with E-state index in [1.165, 1.54) is 24.4 Å². The molecule has 1 saturated heterocycles. The third kappa shape index (κ3) is 4.03. The number of piperidine rings is 1. The summed E-state index contributed by atoms with van der Waals surface area (Å²) in [6, 6.07) is 9.09. The number of hydrogen-bond donors (Lipinski definition) is 0. The van der Waals surface area contributed by atoms with Gasteiger partial charge in [0.25, 0.3) is 5.91 Å². The fraction of sp³-hybridized carbons (Fsp3) is 0.273. The van der Waals surface area contributed by atoms with E-state index in [1.807, 2.05) is 0 Å². The summed E-state index contributed by atoms with van der Waals surface area (Å²) >= 11 is 0. The molecule has 0 aliphatic carbocycles. The number of ether oxygens (including phenoxy) is 1. The highest BCUT2D eigenvalue weighted by molar-refractivity contribution is 5.95. The number of likely N-dealkylation sites (tertiary alicyclic amines) is 1. The topological polar surface area (TPSA) is 47.4 Å². The molecule has 1 aliphatic rings. The highest BCUT2D eigenvalue weighted by Crippen LogP contribution is 2.24. The molecule has 0 bridgehead atoms. The lowest BCUT2D eigenvalue weighted by Crippen LogP contribution is -2.42. The quantitative estimate of drug-likeness (QED) is 0.639. The van der Waals surface area contributed by atoms with E-state index in [4.69, 9.17) is 4.74 Å². The molecule has 0 atom stereocenters. The Kier molecular flexibility index (Phi) is 5.48. The highest BCUT2D eigenvalue weighted by atomic mass is 19.1. The predicted molar refractivity (Wildman–Crippen MR) is 104 cm³/mol. The van der Waals surface area contributed by atoms with Gasteiger partial charge in [-0.2, -0.15) is 5.10 Å². The zero-order valence-electron chi connectivity index (χ0n) is 16.3. The van der Waals surface area contributed by atoms with Crippen LogP contribution < -0.4 is 4.74 Å². The third-order valence-electron chi connectivity index (χ3n) is 5.23. The number of carbonyl (C=O) groups excluding carboxylic acids is 1. The standard InChI is InChI=1S/C22H20F3N3O2/c1-14-19(13-26-28(14)17-5-2-15(23)3-6-17)22(29)27-10-8-18(9-11-27)30-21-7-4-16(24)12-20(21)25/h2-7,12-13,18H,8-11H2,1H3. The number of amides is 1. The maximum Gasteiger partial charge on any atom is 0.257 e. The molecule has 2 heterocycles. The molecule has 156 valence electrons. The van der Waals surface area contributed by atoms with E-state index in [0.29, 0.717) is 42.9 Å². The summed E-state index contributed by atoms with van der Waals surface area (Å²) in [5.41, 5.74) is 1.81. The molecule has 1 amide bonds. The van der Waals surface area contributed by atoms with E-state index in [-0.39, 0.29) is 23.6 Å². The lowest BCUT2D eigenvalue weighted by molar-refractivity contribution is 0.0587. The molecule has 5 nitrogen and oxygen atoms in total. The number of rotatable bonds is 4. The van der Waals surface area contributed by atoms with Crippen LogP contribution in [-0.2, 0) is 0 Å². The zero-order valence-corrected chi connectivity index (χ0v) is 16.3. The number of aromatic nitrogens is 2. The van der Waals surface area contributed by atoms with Crippen LogP contribution in [0, 0.1) is 24.4 Å². The van der Waals surface area contributed by atoms with Crippen molar-refractivity contribution < 1.29 is 22.7 Å². The van der Waals surface area contributed by atoms with Gasteiger partial charge in [-0.1, -0.05) is 0 Å². The number of carbonyl (C=O) groups is 1. The van der Waals surface area contributed by atoms with Crippen LogP contribution in [0.15, 0.2) is 48.7 Å². The Morgan fingerprint density at radius 1 is 1.03 bits per heavy atom. The average Bonchev–Trinajstić information content (AvgIpc) is 3.12. The molecule has 0 spiro atoms. The van der Waals surface area contributed by atoms with Crippen LogP contribution in [0.4, 0.5) is 13.2 Å². The van der Waals surface area contributed by atoms with Crippen molar-refractivity contribution in [3.63, 3.8) is 0 Å². The van der Waals surface area contributed by atoms with Crippen molar-refractivity contribution in [3.05, 3.63) is 77.4 Å². The molecule has 0 unspecified atom stereocenters. The van der Waals surface area contributed by atoms with E-state index in [2.05, 4.69) is 5.10 Å². The van der Waals surface area contributed by atoms with E-state index in [9.17, 15) is 18.0 Å². The first-order valence-corrected chi connectivity index (χ1v) is 9.64. The lowest BCUT2D eigenvalue weighted by atomic mass is 10.1. The van der Waals surface area contributed by atoms with Crippen molar-refractivity contribution >= 4 is 5.91 Å². The van der Waals surface area contributed by atoms with Crippen molar-refractivity contribution in [2.45, 2.75) is 25.9 Å². The van der Waals surface area contributed by atoms with Gasteiger partial charge < -0.3 is 9.64 Å². The first-order valence-electron chi connectivity index (χ1n) is 9.64. The summed E-state index contributed by atoms with van der Waals surface area (Å²) < 4.78 is 47.2. The van der Waals surface area contributed by atoms with Crippen LogP contribution in [0.25, 0.3) is 5.69 Å². The van der Waals surface area contributed by atoms with E-state index < -0.39 is 11.6 Å². The largest absolute Gasteiger partial charge is 0.487 e. The molecular weight excluding hydrogens is 395 g/mol. The Balaban J connectivity index is 1.40. The maximum absolute atomic E-state index is 13.8. The van der Waals surface area contributed by atoms with Crippen LogP contribution in [-0.4, -0.2) is 39.8 Å². The molecule has 30 heavy (non-hydrogen) atoms. The normalized spacial score (nSPS) is 14.7. The van der Waals surface area contributed by atoms with Crippen LogP contribution >= 0.6 is 0 Å². The second-order valence-corrected chi connectivity index (χ2v) is 7.22. The van der Waals surface area contributed by atoms with Gasteiger partial charge in [-0.15, -0.1) is 0 Å². The summed E-state index contributed by atoms with van der Waals surface area (Å²) in [5.74, 6) is -1.87. The van der Waals surface area contributed by atoms with Crippen molar-refractivity contribution in [1.29, 1.82) is 0 Å². The Morgan fingerprint density at radius 3 is 2.37 bits per heavy atom. The van der Waals surface area contributed by atoms with Gasteiger partial charge in [-0.05, 0) is 43.3 Å². The summed E-state index contributed by atoms with van der Waals surface area (Å²) in [4.78, 5) is 14.7. The van der Waals surface area contributed by atoms with E-state index >= 15 is 0 Å². The highest BCUT2D eigenvalue weighted by Gasteiger charge is 2.27. The molecule has 0 N–H and O–H groups in total. The lowest BCUT2D eigenvalue weighted by Gasteiger charge is -2.32. The number of nitrogens with zero attached hydrogens (tertiary/aromatic N) is 3. The van der Waals surface area contributed by atoms with Gasteiger partial charge in [0.1, 0.15) is 17.7 Å². The fourth-order valence-electron chi connectivity index (χ4n) is 3.56. The van der Waals surface area contributed by atoms with Gasteiger partial charge >= 0.3 is 0 Å². The number of benzene rings is 2. The van der Waals surface area contributed by atoms with Gasteiger partial charge in [-0.3, -0.25) is 4.79 Å². The number of halogens is 3. The first-order chi connectivity index (χ1) is 14.4. The minimum Gasteiger partial charge on any atom is -0.487 e. The minimum atomic E-state index is -0.739. The average molecular weight is 415 g/mol. The van der Waals surface area contributed by atoms with Gasteiger partial charge in [-0.25, -0.2) is 17.9 Å². The van der Waals surface area contributed by atoms with Gasteiger partial charge in [0, 0.05) is 32.0 Å².